The zero-order chi connectivity index (χ0) is 9.90. The molecule has 3 atom stereocenters. The zero-order valence-electron chi connectivity index (χ0n) is 9.18. The molecular formula is C11H23NO. The summed E-state index contributed by atoms with van der Waals surface area (Å²) in [4.78, 5) is 0. The van der Waals surface area contributed by atoms with Crippen molar-refractivity contribution < 1.29 is 4.74 Å². The highest BCUT2D eigenvalue weighted by molar-refractivity contribution is 4.89. The van der Waals surface area contributed by atoms with E-state index in [1.54, 1.807) is 7.11 Å². The van der Waals surface area contributed by atoms with Crippen LogP contribution in [0.15, 0.2) is 0 Å². The molecule has 0 aromatic rings. The van der Waals surface area contributed by atoms with Crippen LogP contribution in [0.4, 0.5) is 0 Å². The molecule has 1 aliphatic rings. The molecule has 0 heterocycles. The Bertz CT molecular complexity index is 156. The Morgan fingerprint density at radius 1 is 1.46 bits per heavy atom. The molecule has 1 saturated carbocycles. The second-order valence-electron chi connectivity index (χ2n) is 4.91. The van der Waals surface area contributed by atoms with E-state index in [4.69, 9.17) is 10.5 Å². The Balaban J connectivity index is 2.48. The monoisotopic (exact) mass is 185 g/mol. The van der Waals surface area contributed by atoms with Crippen molar-refractivity contribution in [1.29, 1.82) is 0 Å². The zero-order valence-corrected chi connectivity index (χ0v) is 9.18. The molecule has 0 bridgehead atoms. The van der Waals surface area contributed by atoms with Crippen molar-refractivity contribution in [2.45, 2.75) is 45.1 Å². The number of ether oxygens (including phenoxy) is 1. The van der Waals surface area contributed by atoms with E-state index in [9.17, 15) is 0 Å². The molecule has 0 aromatic carbocycles. The summed E-state index contributed by atoms with van der Waals surface area (Å²) >= 11 is 0. The lowest BCUT2D eigenvalue weighted by molar-refractivity contribution is 0.0801. The Morgan fingerprint density at radius 3 is 2.69 bits per heavy atom. The molecule has 0 aliphatic heterocycles. The van der Waals surface area contributed by atoms with Gasteiger partial charge in [-0.1, -0.05) is 19.8 Å². The molecule has 1 rings (SSSR count). The van der Waals surface area contributed by atoms with Crippen LogP contribution < -0.4 is 5.73 Å². The smallest absolute Gasteiger partial charge is 0.0642 e. The number of hydrogen-bond acceptors (Lipinski definition) is 2. The van der Waals surface area contributed by atoms with Crippen molar-refractivity contribution in [1.82, 2.24) is 0 Å². The molecule has 13 heavy (non-hydrogen) atoms. The third kappa shape index (κ3) is 2.96. The van der Waals surface area contributed by atoms with E-state index in [0.29, 0.717) is 12.5 Å². The summed E-state index contributed by atoms with van der Waals surface area (Å²) in [5.41, 5.74) is 6.12. The fourth-order valence-corrected chi connectivity index (χ4v) is 2.46. The highest BCUT2D eigenvalue weighted by Gasteiger charge is 2.33. The van der Waals surface area contributed by atoms with Crippen molar-refractivity contribution in [2.24, 2.45) is 17.6 Å². The van der Waals surface area contributed by atoms with E-state index in [0.717, 1.165) is 5.92 Å². The largest absolute Gasteiger partial charge is 0.383 e. The van der Waals surface area contributed by atoms with Gasteiger partial charge in [0, 0.05) is 12.6 Å². The van der Waals surface area contributed by atoms with Gasteiger partial charge in [-0.3, -0.25) is 0 Å². The molecule has 1 fully saturated rings. The molecule has 0 aromatic heterocycles. The first kappa shape index (κ1) is 11.0. The SMILES string of the molecule is COCC(C)(N)C1CCCC(C)C1. The lowest BCUT2D eigenvalue weighted by atomic mass is 9.73. The summed E-state index contributed by atoms with van der Waals surface area (Å²) < 4.78 is 5.17. The molecule has 2 heteroatoms. The topological polar surface area (TPSA) is 35.2 Å². The van der Waals surface area contributed by atoms with Crippen LogP contribution in [0.1, 0.15) is 39.5 Å². The fraction of sp³-hybridized carbons (Fsp3) is 1.00. The van der Waals surface area contributed by atoms with E-state index in [2.05, 4.69) is 13.8 Å². The molecule has 0 amide bonds. The minimum Gasteiger partial charge on any atom is -0.383 e. The van der Waals surface area contributed by atoms with Gasteiger partial charge in [0.15, 0.2) is 0 Å². The average Bonchev–Trinajstić information content (AvgIpc) is 2.04. The highest BCUT2D eigenvalue weighted by Crippen LogP contribution is 2.34. The quantitative estimate of drug-likeness (QED) is 0.731. The van der Waals surface area contributed by atoms with Crippen LogP contribution in [-0.2, 0) is 4.74 Å². The van der Waals surface area contributed by atoms with Gasteiger partial charge in [-0.2, -0.15) is 0 Å². The molecule has 2 N–H and O–H groups in total. The number of rotatable bonds is 3. The Hall–Kier alpha value is -0.0800. The van der Waals surface area contributed by atoms with Crippen LogP contribution in [0, 0.1) is 11.8 Å². The number of hydrogen-bond donors (Lipinski definition) is 1. The Morgan fingerprint density at radius 2 is 2.15 bits per heavy atom. The fourth-order valence-electron chi connectivity index (χ4n) is 2.46. The lowest BCUT2D eigenvalue weighted by Crippen LogP contribution is -2.49. The van der Waals surface area contributed by atoms with Crippen molar-refractivity contribution in [3.63, 3.8) is 0 Å². The third-order valence-electron chi connectivity index (χ3n) is 3.32. The molecule has 0 radical (unpaired) electrons. The minimum atomic E-state index is -0.122. The maximum absolute atomic E-state index is 6.24. The molecule has 1 aliphatic carbocycles. The lowest BCUT2D eigenvalue weighted by Gasteiger charge is -2.38. The van der Waals surface area contributed by atoms with Gasteiger partial charge in [0.25, 0.3) is 0 Å². The summed E-state index contributed by atoms with van der Waals surface area (Å²) in [5, 5.41) is 0. The molecule has 0 saturated heterocycles. The van der Waals surface area contributed by atoms with Crippen LogP contribution in [0.25, 0.3) is 0 Å². The summed E-state index contributed by atoms with van der Waals surface area (Å²) in [6, 6.07) is 0. The van der Waals surface area contributed by atoms with Gasteiger partial charge in [-0.05, 0) is 31.6 Å². The van der Waals surface area contributed by atoms with Crippen molar-refractivity contribution in [3.05, 3.63) is 0 Å². The first-order chi connectivity index (χ1) is 6.06. The van der Waals surface area contributed by atoms with Crippen LogP contribution in [-0.4, -0.2) is 19.3 Å². The molecular weight excluding hydrogens is 162 g/mol. The van der Waals surface area contributed by atoms with E-state index < -0.39 is 0 Å². The van der Waals surface area contributed by atoms with Gasteiger partial charge in [0.2, 0.25) is 0 Å². The first-order valence-electron chi connectivity index (χ1n) is 5.34. The maximum Gasteiger partial charge on any atom is 0.0642 e. The maximum atomic E-state index is 6.24. The summed E-state index contributed by atoms with van der Waals surface area (Å²) in [6.07, 6.45) is 5.26. The van der Waals surface area contributed by atoms with Gasteiger partial charge >= 0.3 is 0 Å². The van der Waals surface area contributed by atoms with Gasteiger partial charge in [0.05, 0.1) is 6.61 Å². The predicted octanol–water partition coefficient (Wildman–Crippen LogP) is 2.18. The second-order valence-corrected chi connectivity index (χ2v) is 4.91. The number of nitrogens with two attached hydrogens (primary N) is 1. The molecule has 78 valence electrons. The third-order valence-corrected chi connectivity index (χ3v) is 3.32. The van der Waals surface area contributed by atoms with Crippen molar-refractivity contribution in [3.8, 4) is 0 Å². The summed E-state index contributed by atoms with van der Waals surface area (Å²) in [5.74, 6) is 1.50. The van der Waals surface area contributed by atoms with Crippen LogP contribution in [0.5, 0.6) is 0 Å². The highest BCUT2D eigenvalue weighted by atomic mass is 16.5. The van der Waals surface area contributed by atoms with Crippen LogP contribution in [0.3, 0.4) is 0 Å². The van der Waals surface area contributed by atoms with Gasteiger partial charge in [-0.15, -0.1) is 0 Å². The van der Waals surface area contributed by atoms with Crippen molar-refractivity contribution >= 4 is 0 Å². The first-order valence-corrected chi connectivity index (χ1v) is 5.34. The Labute approximate surface area is 81.8 Å². The van der Waals surface area contributed by atoms with Gasteiger partial charge < -0.3 is 10.5 Å². The van der Waals surface area contributed by atoms with Gasteiger partial charge in [0.1, 0.15) is 0 Å². The van der Waals surface area contributed by atoms with E-state index in [1.807, 2.05) is 0 Å². The van der Waals surface area contributed by atoms with Crippen molar-refractivity contribution in [2.75, 3.05) is 13.7 Å². The minimum absolute atomic E-state index is 0.122. The van der Waals surface area contributed by atoms with E-state index in [-0.39, 0.29) is 5.54 Å². The van der Waals surface area contributed by atoms with Gasteiger partial charge in [-0.25, -0.2) is 0 Å². The summed E-state index contributed by atoms with van der Waals surface area (Å²) in [7, 11) is 1.73. The molecule has 0 spiro atoms. The van der Waals surface area contributed by atoms with Crippen LogP contribution in [0.2, 0.25) is 0 Å². The normalized spacial score (nSPS) is 34.2. The Kier molecular flexibility index (Phi) is 3.74. The standard InChI is InChI=1S/C11H23NO/c1-9-5-4-6-10(7-9)11(2,12)8-13-3/h9-10H,4-8,12H2,1-3H3. The second kappa shape index (κ2) is 4.43. The number of methoxy groups -OCH3 is 1. The molecule has 2 nitrogen and oxygen atoms in total. The average molecular weight is 185 g/mol. The van der Waals surface area contributed by atoms with Crippen LogP contribution >= 0.6 is 0 Å². The molecule has 3 unspecified atom stereocenters. The summed E-state index contributed by atoms with van der Waals surface area (Å²) in [6.45, 7) is 5.14. The van der Waals surface area contributed by atoms with E-state index in [1.165, 1.54) is 25.7 Å². The van der Waals surface area contributed by atoms with E-state index >= 15 is 0 Å². The predicted molar refractivity (Wildman–Crippen MR) is 55.6 cm³/mol.